The van der Waals surface area contributed by atoms with Gasteiger partial charge in [-0.25, -0.2) is 4.98 Å². The second-order valence-corrected chi connectivity index (χ2v) is 7.09. The van der Waals surface area contributed by atoms with Crippen molar-refractivity contribution in [2.45, 2.75) is 39.7 Å². The Morgan fingerprint density at radius 2 is 2.15 bits per heavy atom. The molecular formula is C19H30N6O2. The third-order valence-electron chi connectivity index (χ3n) is 4.38. The number of rotatable bonds is 6. The molecule has 1 fully saturated rings. The van der Waals surface area contributed by atoms with Gasteiger partial charge in [0.05, 0.1) is 0 Å². The minimum atomic E-state index is -0.108. The van der Waals surface area contributed by atoms with Crippen molar-refractivity contribution in [3.05, 3.63) is 23.9 Å². The van der Waals surface area contributed by atoms with Gasteiger partial charge in [0.25, 0.3) is 0 Å². The highest BCUT2D eigenvalue weighted by Gasteiger charge is 2.27. The van der Waals surface area contributed by atoms with Crippen LogP contribution in [0.4, 0.5) is 5.82 Å². The maximum atomic E-state index is 12.1. The number of hydrogen-bond donors (Lipinski definition) is 3. The van der Waals surface area contributed by atoms with E-state index in [4.69, 9.17) is 0 Å². The van der Waals surface area contributed by atoms with Gasteiger partial charge in [-0.2, -0.15) is 0 Å². The fraction of sp³-hybridized carbons (Fsp3) is 0.579. The summed E-state index contributed by atoms with van der Waals surface area (Å²) in [5, 5.41) is 9.23. The Hall–Kier alpha value is -2.64. The third kappa shape index (κ3) is 6.54. The lowest BCUT2D eigenvalue weighted by Gasteiger charge is -2.20. The van der Waals surface area contributed by atoms with Gasteiger partial charge in [-0.3, -0.25) is 14.6 Å². The molecule has 148 valence electrons. The Morgan fingerprint density at radius 1 is 1.37 bits per heavy atom. The third-order valence-corrected chi connectivity index (χ3v) is 4.38. The normalized spacial score (nSPS) is 17.1. The lowest BCUT2D eigenvalue weighted by Crippen LogP contribution is -2.45. The van der Waals surface area contributed by atoms with Crippen LogP contribution in [-0.2, 0) is 9.59 Å². The van der Waals surface area contributed by atoms with E-state index in [9.17, 15) is 9.59 Å². The second kappa shape index (κ2) is 9.89. The largest absolute Gasteiger partial charge is 0.356 e. The summed E-state index contributed by atoms with van der Waals surface area (Å²) in [5.41, 5.74) is 1.05. The molecule has 3 N–H and O–H groups in total. The maximum Gasteiger partial charge on any atom is 0.227 e. The van der Waals surface area contributed by atoms with Crippen LogP contribution >= 0.6 is 0 Å². The van der Waals surface area contributed by atoms with Gasteiger partial charge < -0.3 is 20.9 Å². The molecule has 1 aliphatic rings. The topological polar surface area (TPSA) is 98.7 Å². The molecular weight excluding hydrogens is 344 g/mol. The van der Waals surface area contributed by atoms with Gasteiger partial charge in [0.15, 0.2) is 5.96 Å². The molecule has 2 heterocycles. The number of pyridine rings is 1. The summed E-state index contributed by atoms with van der Waals surface area (Å²) in [5.74, 6) is 1.28. The highest BCUT2D eigenvalue weighted by Crippen LogP contribution is 2.12. The quantitative estimate of drug-likeness (QED) is 0.512. The molecule has 1 aromatic rings. The number of nitrogens with one attached hydrogen (secondary N) is 3. The van der Waals surface area contributed by atoms with Crippen LogP contribution in [0.25, 0.3) is 0 Å². The summed E-state index contributed by atoms with van der Waals surface area (Å²) < 4.78 is 0. The summed E-state index contributed by atoms with van der Waals surface area (Å²) in [4.78, 5) is 34.3. The Kier molecular flexibility index (Phi) is 7.57. The molecule has 1 aromatic heterocycles. The fourth-order valence-corrected chi connectivity index (χ4v) is 2.87. The van der Waals surface area contributed by atoms with E-state index in [-0.39, 0.29) is 23.8 Å². The number of aromatic nitrogens is 1. The minimum Gasteiger partial charge on any atom is -0.356 e. The van der Waals surface area contributed by atoms with E-state index < -0.39 is 0 Å². The molecule has 2 amide bonds. The molecule has 0 bridgehead atoms. The van der Waals surface area contributed by atoms with Crippen LogP contribution in [0.15, 0.2) is 23.3 Å². The second-order valence-electron chi connectivity index (χ2n) is 7.09. The van der Waals surface area contributed by atoms with Crippen molar-refractivity contribution in [3.63, 3.8) is 0 Å². The average molecular weight is 374 g/mol. The van der Waals surface area contributed by atoms with Crippen molar-refractivity contribution >= 4 is 23.6 Å². The van der Waals surface area contributed by atoms with Gasteiger partial charge in [-0.1, -0.05) is 19.9 Å². The average Bonchev–Trinajstić information content (AvgIpc) is 3.10. The van der Waals surface area contributed by atoms with Crippen molar-refractivity contribution in [2.75, 3.05) is 32.0 Å². The molecule has 0 aromatic carbocycles. The minimum absolute atomic E-state index is 0.0164. The zero-order chi connectivity index (χ0) is 19.8. The van der Waals surface area contributed by atoms with Crippen LogP contribution in [0.1, 0.15) is 32.3 Å². The lowest BCUT2D eigenvalue weighted by atomic mass is 10.2. The van der Waals surface area contributed by atoms with Crippen molar-refractivity contribution < 1.29 is 9.59 Å². The molecule has 0 aliphatic carbocycles. The molecule has 1 unspecified atom stereocenters. The van der Waals surface area contributed by atoms with Crippen LogP contribution in [-0.4, -0.2) is 60.4 Å². The van der Waals surface area contributed by atoms with Gasteiger partial charge in [0.2, 0.25) is 11.8 Å². The van der Waals surface area contributed by atoms with E-state index in [2.05, 4.69) is 25.9 Å². The molecule has 1 aliphatic heterocycles. The van der Waals surface area contributed by atoms with Crippen LogP contribution in [0.5, 0.6) is 0 Å². The first-order valence-corrected chi connectivity index (χ1v) is 9.37. The highest BCUT2D eigenvalue weighted by atomic mass is 16.2. The van der Waals surface area contributed by atoms with E-state index in [0.29, 0.717) is 31.3 Å². The summed E-state index contributed by atoms with van der Waals surface area (Å²) in [6.07, 6.45) is 2.91. The van der Waals surface area contributed by atoms with Crippen molar-refractivity contribution in [3.8, 4) is 0 Å². The monoisotopic (exact) mass is 374 g/mol. The number of hydrogen-bond acceptors (Lipinski definition) is 4. The van der Waals surface area contributed by atoms with Gasteiger partial charge in [-0.05, 0) is 25.0 Å². The van der Waals surface area contributed by atoms with Crippen molar-refractivity contribution in [2.24, 2.45) is 10.9 Å². The molecule has 27 heavy (non-hydrogen) atoms. The lowest BCUT2D eigenvalue weighted by molar-refractivity contribution is -0.133. The number of carbonyl (C=O) groups is 2. The zero-order valence-corrected chi connectivity index (χ0v) is 16.6. The number of aryl methyl sites for hydroxylation is 1. The van der Waals surface area contributed by atoms with Crippen molar-refractivity contribution in [1.29, 1.82) is 0 Å². The Morgan fingerprint density at radius 3 is 2.78 bits per heavy atom. The maximum absolute atomic E-state index is 12.1. The Bertz CT molecular complexity index is 671. The van der Waals surface area contributed by atoms with Crippen LogP contribution in [0, 0.1) is 12.8 Å². The van der Waals surface area contributed by atoms with Gasteiger partial charge in [-0.15, -0.1) is 0 Å². The van der Waals surface area contributed by atoms with Gasteiger partial charge in [0, 0.05) is 51.3 Å². The molecule has 0 spiro atoms. The molecule has 0 radical (unpaired) electrons. The molecule has 2 rings (SSSR count). The zero-order valence-electron chi connectivity index (χ0n) is 16.6. The Balaban J connectivity index is 1.70. The standard InChI is InChI=1S/C19H30N6O2/c1-13(2)18(27)25-10-8-15(12-25)23-19(20-4)21-9-7-17(26)24-16-6-5-14(3)11-22-16/h5-6,11,13,15H,7-10,12H2,1-4H3,(H2,20,21,23)(H,22,24,26). The SMILES string of the molecule is CN=C(NCCC(=O)Nc1ccc(C)cn1)NC1CCN(C(=O)C(C)C)C1. The molecule has 0 saturated carbocycles. The van der Waals surface area contributed by atoms with Crippen molar-refractivity contribution in [1.82, 2.24) is 20.5 Å². The number of amides is 2. The van der Waals surface area contributed by atoms with E-state index in [1.807, 2.05) is 31.7 Å². The summed E-state index contributed by atoms with van der Waals surface area (Å²) >= 11 is 0. The summed E-state index contributed by atoms with van der Waals surface area (Å²) in [7, 11) is 1.69. The van der Waals surface area contributed by atoms with E-state index in [1.165, 1.54) is 0 Å². The van der Waals surface area contributed by atoms with Gasteiger partial charge >= 0.3 is 0 Å². The van der Waals surface area contributed by atoms with Crippen LogP contribution in [0.3, 0.4) is 0 Å². The molecule has 1 saturated heterocycles. The number of nitrogens with zero attached hydrogens (tertiary/aromatic N) is 3. The predicted octanol–water partition coefficient (Wildman–Crippen LogP) is 1.14. The first-order chi connectivity index (χ1) is 12.9. The number of likely N-dealkylation sites (tertiary alicyclic amines) is 1. The van der Waals surface area contributed by atoms with Crippen LogP contribution in [0.2, 0.25) is 0 Å². The van der Waals surface area contributed by atoms with E-state index in [0.717, 1.165) is 18.5 Å². The number of carbonyl (C=O) groups excluding carboxylic acids is 2. The van der Waals surface area contributed by atoms with Gasteiger partial charge in [0.1, 0.15) is 5.82 Å². The molecule has 8 nitrogen and oxygen atoms in total. The summed E-state index contributed by atoms with van der Waals surface area (Å²) in [6, 6.07) is 3.86. The number of guanidine groups is 1. The fourth-order valence-electron chi connectivity index (χ4n) is 2.87. The number of anilines is 1. The van der Waals surface area contributed by atoms with E-state index >= 15 is 0 Å². The predicted molar refractivity (Wildman–Crippen MR) is 107 cm³/mol. The molecule has 1 atom stereocenters. The summed E-state index contributed by atoms with van der Waals surface area (Å²) in [6.45, 7) is 7.68. The highest BCUT2D eigenvalue weighted by molar-refractivity contribution is 5.90. The van der Waals surface area contributed by atoms with Crippen LogP contribution < -0.4 is 16.0 Å². The number of aliphatic imine (C=N–C) groups is 1. The first-order valence-electron chi connectivity index (χ1n) is 9.37. The molecule has 8 heteroatoms. The smallest absolute Gasteiger partial charge is 0.227 e. The first kappa shape index (κ1) is 20.7. The van der Waals surface area contributed by atoms with E-state index in [1.54, 1.807) is 19.3 Å². The Labute approximate surface area is 160 Å².